The van der Waals surface area contributed by atoms with Crippen LogP contribution in [0.2, 0.25) is 0 Å². The van der Waals surface area contributed by atoms with Crippen molar-refractivity contribution < 1.29 is 24.2 Å². The van der Waals surface area contributed by atoms with Gasteiger partial charge in [-0.2, -0.15) is 0 Å². The van der Waals surface area contributed by atoms with E-state index < -0.39 is 18.0 Å². The first-order valence-corrected chi connectivity index (χ1v) is 4.83. The molecule has 0 saturated heterocycles. The van der Waals surface area contributed by atoms with Crippen molar-refractivity contribution in [3.63, 3.8) is 0 Å². The highest BCUT2D eigenvalue weighted by atomic mass is 16.6. The molecule has 1 unspecified atom stereocenters. The Bertz CT molecular complexity index is 443. The van der Waals surface area contributed by atoms with E-state index in [1.807, 2.05) is 0 Å². The lowest BCUT2D eigenvalue weighted by molar-refractivity contribution is -0.146. The Balaban J connectivity index is 3.00. The van der Waals surface area contributed by atoms with Gasteiger partial charge in [0.2, 0.25) is 0 Å². The van der Waals surface area contributed by atoms with E-state index in [0.29, 0.717) is 0 Å². The van der Waals surface area contributed by atoms with E-state index in [0.717, 1.165) is 0 Å². The van der Waals surface area contributed by atoms with Gasteiger partial charge in [0.1, 0.15) is 11.3 Å². The number of hydrogen-bond acceptors (Lipinski definition) is 5. The summed E-state index contributed by atoms with van der Waals surface area (Å²) in [6, 6.07) is 4.66. The molecule has 92 valence electrons. The molecule has 0 aliphatic carbocycles. The molecule has 6 heteroatoms. The maximum absolute atomic E-state index is 11.7. The third kappa shape index (κ3) is 2.87. The van der Waals surface area contributed by atoms with Crippen molar-refractivity contribution in [2.45, 2.75) is 13.0 Å². The fraction of sp³-hybridized carbons (Fsp3) is 0.273. The number of hydrogen-bond donors (Lipinski definition) is 2. The van der Waals surface area contributed by atoms with E-state index in [1.54, 1.807) is 12.1 Å². The van der Waals surface area contributed by atoms with Crippen LogP contribution in [0.25, 0.3) is 0 Å². The average Bonchev–Trinajstić information content (AvgIpc) is 2.27. The SMILES string of the molecule is COc1cccc(N)c1C(=O)OC(C)C(=O)O. The lowest BCUT2D eigenvalue weighted by atomic mass is 10.1. The second-order valence-corrected chi connectivity index (χ2v) is 3.31. The molecule has 0 amide bonds. The maximum Gasteiger partial charge on any atom is 0.344 e. The quantitative estimate of drug-likeness (QED) is 0.598. The molecule has 0 saturated carbocycles. The van der Waals surface area contributed by atoms with Gasteiger partial charge in [-0.25, -0.2) is 9.59 Å². The number of methoxy groups -OCH3 is 1. The first-order chi connectivity index (χ1) is 7.97. The number of aliphatic carboxylic acids is 1. The molecule has 0 bridgehead atoms. The summed E-state index contributed by atoms with van der Waals surface area (Å²) in [6.45, 7) is 1.26. The van der Waals surface area contributed by atoms with Crippen LogP contribution in [-0.2, 0) is 9.53 Å². The highest BCUT2D eigenvalue weighted by molar-refractivity contribution is 5.99. The molecule has 0 spiro atoms. The predicted octanol–water partition coefficient (Wildman–Crippen LogP) is 0.907. The van der Waals surface area contributed by atoms with Crippen molar-refractivity contribution in [1.29, 1.82) is 0 Å². The van der Waals surface area contributed by atoms with Gasteiger partial charge in [0.25, 0.3) is 0 Å². The van der Waals surface area contributed by atoms with E-state index in [2.05, 4.69) is 0 Å². The number of carbonyl (C=O) groups excluding carboxylic acids is 1. The largest absolute Gasteiger partial charge is 0.496 e. The van der Waals surface area contributed by atoms with Gasteiger partial charge in [0.05, 0.1) is 7.11 Å². The molecule has 0 aliphatic rings. The summed E-state index contributed by atoms with van der Waals surface area (Å²) >= 11 is 0. The molecule has 0 aromatic heterocycles. The number of carbonyl (C=O) groups is 2. The van der Waals surface area contributed by atoms with Gasteiger partial charge in [0.15, 0.2) is 6.10 Å². The maximum atomic E-state index is 11.7. The number of carboxylic acid groups (broad SMARTS) is 1. The Morgan fingerprint density at radius 1 is 1.41 bits per heavy atom. The monoisotopic (exact) mass is 239 g/mol. The topological polar surface area (TPSA) is 98.9 Å². The lowest BCUT2D eigenvalue weighted by Gasteiger charge is -2.12. The van der Waals surface area contributed by atoms with E-state index >= 15 is 0 Å². The molecule has 17 heavy (non-hydrogen) atoms. The van der Waals surface area contributed by atoms with Crippen LogP contribution in [0.15, 0.2) is 18.2 Å². The van der Waals surface area contributed by atoms with Gasteiger partial charge in [0, 0.05) is 5.69 Å². The summed E-state index contributed by atoms with van der Waals surface area (Å²) in [6.07, 6.45) is -1.24. The lowest BCUT2D eigenvalue weighted by Crippen LogP contribution is -2.24. The molecule has 1 aromatic carbocycles. The minimum Gasteiger partial charge on any atom is -0.496 e. The van der Waals surface area contributed by atoms with Crippen molar-refractivity contribution in [2.24, 2.45) is 0 Å². The van der Waals surface area contributed by atoms with Gasteiger partial charge in [-0.15, -0.1) is 0 Å². The molecular weight excluding hydrogens is 226 g/mol. The van der Waals surface area contributed by atoms with Gasteiger partial charge in [-0.1, -0.05) is 6.07 Å². The van der Waals surface area contributed by atoms with Crippen LogP contribution in [0.1, 0.15) is 17.3 Å². The summed E-state index contributed by atoms with van der Waals surface area (Å²) in [5.41, 5.74) is 5.83. The zero-order valence-corrected chi connectivity index (χ0v) is 9.47. The first-order valence-electron chi connectivity index (χ1n) is 4.83. The third-order valence-corrected chi connectivity index (χ3v) is 2.11. The normalized spacial score (nSPS) is 11.6. The third-order valence-electron chi connectivity index (χ3n) is 2.11. The minimum atomic E-state index is -1.24. The van der Waals surface area contributed by atoms with E-state index in [9.17, 15) is 9.59 Å². The highest BCUT2D eigenvalue weighted by Gasteiger charge is 2.22. The molecule has 1 atom stereocenters. The summed E-state index contributed by atoms with van der Waals surface area (Å²) in [7, 11) is 1.38. The summed E-state index contributed by atoms with van der Waals surface area (Å²) in [4.78, 5) is 22.3. The fourth-order valence-corrected chi connectivity index (χ4v) is 1.21. The zero-order valence-electron chi connectivity index (χ0n) is 9.47. The number of anilines is 1. The van der Waals surface area contributed by atoms with E-state index in [1.165, 1.54) is 20.1 Å². The molecule has 1 aromatic rings. The van der Waals surface area contributed by atoms with Crippen molar-refractivity contribution in [2.75, 3.05) is 12.8 Å². The second kappa shape index (κ2) is 5.20. The number of rotatable bonds is 4. The number of esters is 1. The first kappa shape index (κ1) is 12.8. The predicted molar refractivity (Wildman–Crippen MR) is 59.9 cm³/mol. The Hall–Kier alpha value is -2.24. The van der Waals surface area contributed by atoms with Crippen LogP contribution in [0, 0.1) is 0 Å². The Morgan fingerprint density at radius 2 is 2.06 bits per heavy atom. The zero-order chi connectivity index (χ0) is 13.0. The number of carboxylic acids is 1. The molecule has 0 aliphatic heterocycles. The summed E-state index contributed by atoms with van der Waals surface area (Å²) < 4.78 is 9.68. The van der Waals surface area contributed by atoms with Gasteiger partial charge in [-0.05, 0) is 19.1 Å². The van der Waals surface area contributed by atoms with Gasteiger partial charge in [-0.3, -0.25) is 0 Å². The van der Waals surface area contributed by atoms with Crippen LogP contribution in [-0.4, -0.2) is 30.3 Å². The van der Waals surface area contributed by atoms with E-state index in [-0.39, 0.29) is 17.0 Å². The number of benzene rings is 1. The van der Waals surface area contributed by atoms with Crippen LogP contribution in [0.4, 0.5) is 5.69 Å². The Kier molecular flexibility index (Phi) is 3.92. The standard InChI is InChI=1S/C11H13NO5/c1-6(10(13)14)17-11(15)9-7(12)4-3-5-8(9)16-2/h3-6H,12H2,1-2H3,(H,13,14). The van der Waals surface area contributed by atoms with Crippen LogP contribution >= 0.6 is 0 Å². The van der Waals surface area contributed by atoms with Crippen molar-refractivity contribution in [1.82, 2.24) is 0 Å². The van der Waals surface area contributed by atoms with Crippen molar-refractivity contribution in [3.05, 3.63) is 23.8 Å². The Morgan fingerprint density at radius 3 is 2.59 bits per heavy atom. The summed E-state index contributed by atoms with van der Waals surface area (Å²) in [5, 5.41) is 8.63. The average molecular weight is 239 g/mol. The van der Waals surface area contributed by atoms with Crippen LogP contribution in [0.3, 0.4) is 0 Å². The fourth-order valence-electron chi connectivity index (χ4n) is 1.21. The smallest absolute Gasteiger partial charge is 0.344 e. The molecule has 0 heterocycles. The van der Waals surface area contributed by atoms with Crippen molar-refractivity contribution >= 4 is 17.6 Å². The molecule has 3 N–H and O–H groups in total. The number of nitrogen functional groups attached to an aromatic ring is 1. The Labute approximate surface area is 97.9 Å². The van der Waals surface area contributed by atoms with Crippen LogP contribution in [0.5, 0.6) is 5.75 Å². The molecule has 1 rings (SSSR count). The van der Waals surface area contributed by atoms with Gasteiger partial charge < -0.3 is 20.3 Å². The van der Waals surface area contributed by atoms with Crippen LogP contribution < -0.4 is 10.5 Å². The van der Waals surface area contributed by atoms with Crippen molar-refractivity contribution in [3.8, 4) is 5.75 Å². The highest BCUT2D eigenvalue weighted by Crippen LogP contribution is 2.25. The number of ether oxygens (including phenoxy) is 2. The molecular formula is C11H13NO5. The summed E-state index contributed by atoms with van der Waals surface area (Å²) in [5.74, 6) is -1.81. The minimum absolute atomic E-state index is 0.0306. The number of nitrogens with two attached hydrogens (primary N) is 1. The van der Waals surface area contributed by atoms with Gasteiger partial charge >= 0.3 is 11.9 Å². The molecule has 0 fully saturated rings. The van der Waals surface area contributed by atoms with E-state index in [4.69, 9.17) is 20.3 Å². The molecule has 6 nitrogen and oxygen atoms in total. The molecule has 0 radical (unpaired) electrons. The second-order valence-electron chi connectivity index (χ2n) is 3.31.